The molecule has 2 N–H and O–H groups in total. The third-order valence-electron chi connectivity index (χ3n) is 3.59. The van der Waals surface area contributed by atoms with Crippen LogP contribution in [0.2, 0.25) is 0 Å². The van der Waals surface area contributed by atoms with Crippen LogP contribution in [0.1, 0.15) is 31.0 Å². The van der Waals surface area contributed by atoms with E-state index >= 15 is 0 Å². The van der Waals surface area contributed by atoms with Crippen LogP contribution < -0.4 is 4.72 Å². The first-order valence-electron chi connectivity index (χ1n) is 6.34. The van der Waals surface area contributed by atoms with Gasteiger partial charge in [-0.15, -0.1) is 0 Å². The average Bonchev–Trinajstić information content (AvgIpc) is 2.65. The van der Waals surface area contributed by atoms with Gasteiger partial charge in [-0.25, -0.2) is 0 Å². The maximum Gasteiger partial charge on any atom is 0.280 e. The van der Waals surface area contributed by atoms with Gasteiger partial charge in [0.2, 0.25) is 0 Å². The lowest BCUT2D eigenvalue weighted by Gasteiger charge is -2.25. The van der Waals surface area contributed by atoms with Crippen LogP contribution in [0, 0.1) is 0 Å². The van der Waals surface area contributed by atoms with E-state index in [1.165, 1.54) is 11.4 Å². The second-order valence-corrected chi connectivity index (χ2v) is 6.94. The van der Waals surface area contributed by atoms with Gasteiger partial charge in [0.05, 0.1) is 12.1 Å². The van der Waals surface area contributed by atoms with E-state index in [9.17, 15) is 13.5 Å². The molecule has 106 valence electrons. The first kappa shape index (κ1) is 14.5. The highest BCUT2D eigenvalue weighted by Crippen LogP contribution is 2.32. The number of rotatable bonds is 4. The zero-order chi connectivity index (χ0) is 14.2. The number of hydrogen-bond acceptors (Lipinski definition) is 3. The lowest BCUT2D eigenvalue weighted by atomic mass is 10.1. The van der Waals surface area contributed by atoms with Crippen molar-refractivity contribution in [1.29, 1.82) is 0 Å². The van der Waals surface area contributed by atoms with E-state index in [1.54, 1.807) is 13.8 Å². The summed E-state index contributed by atoms with van der Waals surface area (Å²) in [5.74, 6) is 0. The fraction of sp³-hybridized carbons (Fsp3) is 0.538. The second kappa shape index (κ2) is 5.20. The summed E-state index contributed by atoms with van der Waals surface area (Å²) in [6.45, 7) is 3.61. The van der Waals surface area contributed by atoms with Gasteiger partial charge in [0.1, 0.15) is 0 Å². The molecule has 19 heavy (non-hydrogen) atoms. The number of aliphatic hydroxyl groups excluding tert-OH is 1. The quantitative estimate of drug-likeness (QED) is 0.860. The molecule has 0 heterocycles. The topological polar surface area (TPSA) is 69.6 Å². The zero-order valence-electron chi connectivity index (χ0n) is 11.4. The molecule has 0 bridgehead atoms. The summed E-state index contributed by atoms with van der Waals surface area (Å²) in [5.41, 5.74) is 1.85. The molecule has 1 aromatic carbocycles. The Morgan fingerprint density at radius 3 is 2.63 bits per heavy atom. The van der Waals surface area contributed by atoms with Crippen LogP contribution in [-0.2, 0) is 16.6 Å². The Labute approximate surface area is 114 Å². The van der Waals surface area contributed by atoms with E-state index < -0.39 is 22.4 Å². The van der Waals surface area contributed by atoms with Crippen LogP contribution >= 0.6 is 0 Å². The smallest absolute Gasteiger partial charge is 0.280 e. The van der Waals surface area contributed by atoms with Crippen molar-refractivity contribution in [2.45, 2.75) is 38.5 Å². The van der Waals surface area contributed by atoms with Gasteiger partial charge in [-0.3, -0.25) is 0 Å². The SMILES string of the molecule is CC(C)N(C)S(=O)(=O)N[C@@H]1c2ccccc2C[C@@H]1O. The highest BCUT2D eigenvalue weighted by molar-refractivity contribution is 7.87. The van der Waals surface area contributed by atoms with E-state index in [-0.39, 0.29) is 6.04 Å². The molecule has 2 atom stereocenters. The molecule has 1 aromatic rings. The van der Waals surface area contributed by atoms with Gasteiger partial charge < -0.3 is 5.11 Å². The number of nitrogens with one attached hydrogen (secondary N) is 1. The van der Waals surface area contributed by atoms with Crippen molar-refractivity contribution in [1.82, 2.24) is 9.03 Å². The van der Waals surface area contributed by atoms with Gasteiger partial charge in [0.25, 0.3) is 10.2 Å². The molecular weight excluding hydrogens is 264 g/mol. The van der Waals surface area contributed by atoms with Gasteiger partial charge in [0.15, 0.2) is 0 Å². The standard InChI is InChI=1S/C13H20N2O3S/c1-9(2)15(3)19(17,18)14-13-11-7-5-4-6-10(11)8-12(13)16/h4-7,9,12-14,16H,8H2,1-3H3/t12-,13+/m0/s1. The van der Waals surface area contributed by atoms with E-state index in [0.717, 1.165) is 11.1 Å². The predicted octanol–water partition coefficient (Wildman–Crippen LogP) is 0.819. The largest absolute Gasteiger partial charge is 0.391 e. The van der Waals surface area contributed by atoms with E-state index in [2.05, 4.69) is 4.72 Å². The second-order valence-electron chi connectivity index (χ2n) is 5.18. The molecule has 0 unspecified atom stereocenters. The van der Waals surface area contributed by atoms with E-state index in [4.69, 9.17) is 0 Å². The Balaban J connectivity index is 2.25. The fourth-order valence-electron chi connectivity index (χ4n) is 2.24. The van der Waals surface area contributed by atoms with Crippen LogP contribution in [0.15, 0.2) is 24.3 Å². The molecule has 0 fully saturated rings. The third kappa shape index (κ3) is 2.81. The van der Waals surface area contributed by atoms with Gasteiger partial charge in [-0.05, 0) is 25.0 Å². The normalized spacial score (nSPS) is 23.1. The summed E-state index contributed by atoms with van der Waals surface area (Å²) in [7, 11) is -2.07. The summed E-state index contributed by atoms with van der Waals surface area (Å²) in [5, 5.41) is 10.0. The highest BCUT2D eigenvalue weighted by atomic mass is 32.2. The van der Waals surface area contributed by atoms with Crippen LogP contribution in [0.25, 0.3) is 0 Å². The van der Waals surface area contributed by atoms with Crippen molar-refractivity contribution in [3.05, 3.63) is 35.4 Å². The molecular formula is C13H20N2O3S. The fourth-order valence-corrected chi connectivity index (χ4v) is 3.56. The Kier molecular flexibility index (Phi) is 3.96. The molecule has 5 nitrogen and oxygen atoms in total. The molecule has 0 aromatic heterocycles. The Hall–Kier alpha value is -0.950. The number of fused-ring (bicyclic) bond motifs is 1. The molecule has 2 rings (SSSR count). The summed E-state index contributed by atoms with van der Waals surface area (Å²) >= 11 is 0. The van der Waals surface area contributed by atoms with Crippen molar-refractivity contribution < 1.29 is 13.5 Å². The molecule has 0 spiro atoms. The minimum atomic E-state index is -3.60. The van der Waals surface area contributed by atoms with Crippen molar-refractivity contribution >= 4 is 10.2 Å². The predicted molar refractivity (Wildman–Crippen MR) is 73.8 cm³/mol. The Bertz CT molecular complexity index is 557. The number of nitrogens with zero attached hydrogens (tertiary/aromatic N) is 1. The summed E-state index contributed by atoms with van der Waals surface area (Å²) < 4.78 is 28.2. The summed E-state index contributed by atoms with van der Waals surface area (Å²) in [6, 6.07) is 6.81. The number of hydrogen-bond donors (Lipinski definition) is 2. The first-order valence-corrected chi connectivity index (χ1v) is 7.78. The number of benzene rings is 1. The van der Waals surface area contributed by atoms with Crippen LogP contribution in [0.3, 0.4) is 0 Å². The monoisotopic (exact) mass is 284 g/mol. The zero-order valence-corrected chi connectivity index (χ0v) is 12.2. The molecule has 1 aliphatic carbocycles. The molecule has 0 radical (unpaired) electrons. The van der Waals surface area contributed by atoms with Crippen molar-refractivity contribution in [2.24, 2.45) is 0 Å². The van der Waals surface area contributed by atoms with Gasteiger partial charge in [-0.2, -0.15) is 17.4 Å². The molecule has 0 aliphatic heterocycles. The third-order valence-corrected chi connectivity index (χ3v) is 5.32. The summed E-state index contributed by atoms with van der Waals surface area (Å²) in [4.78, 5) is 0. The van der Waals surface area contributed by atoms with Crippen LogP contribution in [0.5, 0.6) is 0 Å². The highest BCUT2D eigenvalue weighted by Gasteiger charge is 2.35. The van der Waals surface area contributed by atoms with Gasteiger partial charge in [-0.1, -0.05) is 24.3 Å². The maximum absolute atomic E-state index is 12.2. The van der Waals surface area contributed by atoms with Crippen molar-refractivity contribution in [2.75, 3.05) is 7.05 Å². The Morgan fingerprint density at radius 1 is 1.37 bits per heavy atom. The van der Waals surface area contributed by atoms with Gasteiger partial charge in [0, 0.05) is 19.5 Å². The van der Waals surface area contributed by atoms with Crippen LogP contribution in [-0.4, -0.2) is 37.0 Å². The number of aliphatic hydroxyl groups is 1. The molecule has 1 aliphatic rings. The molecule has 6 heteroatoms. The van der Waals surface area contributed by atoms with Crippen molar-refractivity contribution in [3.63, 3.8) is 0 Å². The maximum atomic E-state index is 12.2. The van der Waals surface area contributed by atoms with Crippen molar-refractivity contribution in [3.8, 4) is 0 Å². The van der Waals surface area contributed by atoms with E-state index in [0.29, 0.717) is 6.42 Å². The van der Waals surface area contributed by atoms with Gasteiger partial charge >= 0.3 is 0 Å². The first-order chi connectivity index (χ1) is 8.83. The average molecular weight is 284 g/mol. The Morgan fingerprint density at radius 2 is 2.00 bits per heavy atom. The molecule has 0 saturated heterocycles. The minimum Gasteiger partial charge on any atom is -0.391 e. The minimum absolute atomic E-state index is 0.133. The van der Waals surface area contributed by atoms with E-state index in [1.807, 2.05) is 24.3 Å². The van der Waals surface area contributed by atoms with Crippen LogP contribution in [0.4, 0.5) is 0 Å². The summed E-state index contributed by atoms with van der Waals surface area (Å²) in [6.07, 6.45) is -0.234. The molecule has 0 amide bonds. The lowest BCUT2D eigenvalue weighted by molar-refractivity contribution is 0.150. The lowest BCUT2D eigenvalue weighted by Crippen LogP contribution is -2.45. The molecule has 0 saturated carbocycles.